The van der Waals surface area contributed by atoms with Gasteiger partial charge in [0.15, 0.2) is 0 Å². The van der Waals surface area contributed by atoms with E-state index in [0.717, 1.165) is 17.0 Å². The Morgan fingerprint density at radius 1 is 1.18 bits per heavy atom. The van der Waals surface area contributed by atoms with Crippen molar-refractivity contribution >= 4 is 0 Å². The molecule has 17 heavy (non-hydrogen) atoms. The fourth-order valence-electron chi connectivity index (χ4n) is 1.35. The van der Waals surface area contributed by atoms with E-state index in [-0.39, 0.29) is 0 Å². The molecule has 3 heteroatoms. The molecule has 0 unspecified atom stereocenters. The second kappa shape index (κ2) is 5.13. The van der Waals surface area contributed by atoms with E-state index in [2.05, 4.69) is 21.8 Å². The number of hydrogen-bond donors (Lipinski definition) is 0. The number of aryl methyl sites for hydroxylation is 1. The highest BCUT2D eigenvalue weighted by Gasteiger charge is 1.93. The number of pyridine rings is 2. The van der Waals surface area contributed by atoms with Gasteiger partial charge >= 0.3 is 0 Å². The fraction of sp³-hybridized carbons (Fsp3) is 0.143. The summed E-state index contributed by atoms with van der Waals surface area (Å²) in [5, 5.41) is 0. The molecule has 0 fully saturated rings. The van der Waals surface area contributed by atoms with Crippen LogP contribution in [0.5, 0.6) is 5.75 Å². The number of ether oxygens (including phenoxy) is 1. The van der Waals surface area contributed by atoms with E-state index in [1.54, 1.807) is 19.5 Å². The van der Waals surface area contributed by atoms with Crippen molar-refractivity contribution in [3.63, 3.8) is 0 Å². The second-order valence-electron chi connectivity index (χ2n) is 3.53. The van der Waals surface area contributed by atoms with Crippen molar-refractivity contribution in [3.8, 4) is 17.6 Å². The Morgan fingerprint density at radius 3 is 2.82 bits per heavy atom. The van der Waals surface area contributed by atoms with Gasteiger partial charge in [0.1, 0.15) is 11.4 Å². The van der Waals surface area contributed by atoms with Gasteiger partial charge in [-0.25, -0.2) is 4.98 Å². The maximum Gasteiger partial charge on any atom is 0.138 e. The summed E-state index contributed by atoms with van der Waals surface area (Å²) < 4.78 is 5.08. The molecule has 0 aromatic carbocycles. The number of hydrogen-bond acceptors (Lipinski definition) is 3. The SMILES string of the molecule is COc1cncc(C#Cc2cccc(C)n2)c1. The topological polar surface area (TPSA) is 35.0 Å². The van der Waals surface area contributed by atoms with Gasteiger partial charge in [0.05, 0.1) is 13.3 Å². The largest absolute Gasteiger partial charge is 0.495 e. The van der Waals surface area contributed by atoms with Gasteiger partial charge in [0, 0.05) is 17.5 Å². The average Bonchev–Trinajstić information content (AvgIpc) is 2.37. The number of rotatable bonds is 1. The number of nitrogens with zero attached hydrogens (tertiary/aromatic N) is 2. The molecule has 84 valence electrons. The van der Waals surface area contributed by atoms with Crippen molar-refractivity contribution in [1.29, 1.82) is 0 Å². The minimum atomic E-state index is 0.703. The summed E-state index contributed by atoms with van der Waals surface area (Å²) in [7, 11) is 1.61. The van der Waals surface area contributed by atoms with Crippen LogP contribution in [0.4, 0.5) is 0 Å². The van der Waals surface area contributed by atoms with Crippen LogP contribution in [-0.4, -0.2) is 17.1 Å². The summed E-state index contributed by atoms with van der Waals surface area (Å²) in [5.74, 6) is 6.71. The minimum Gasteiger partial charge on any atom is -0.495 e. The van der Waals surface area contributed by atoms with Gasteiger partial charge < -0.3 is 4.74 Å². The quantitative estimate of drug-likeness (QED) is 0.696. The lowest BCUT2D eigenvalue weighted by molar-refractivity contribution is 0.413. The van der Waals surface area contributed by atoms with Gasteiger partial charge in [-0.15, -0.1) is 0 Å². The Bertz CT molecular complexity index is 582. The van der Waals surface area contributed by atoms with E-state index in [9.17, 15) is 0 Å². The zero-order valence-corrected chi connectivity index (χ0v) is 9.77. The van der Waals surface area contributed by atoms with E-state index >= 15 is 0 Å². The first-order chi connectivity index (χ1) is 8.28. The van der Waals surface area contributed by atoms with Crippen molar-refractivity contribution in [3.05, 3.63) is 53.6 Å². The lowest BCUT2D eigenvalue weighted by atomic mass is 10.2. The molecule has 0 aliphatic rings. The molecule has 2 rings (SSSR count). The Kier molecular flexibility index (Phi) is 3.37. The van der Waals surface area contributed by atoms with Crippen LogP contribution in [0.1, 0.15) is 17.0 Å². The summed E-state index contributed by atoms with van der Waals surface area (Å²) in [4.78, 5) is 8.34. The van der Waals surface area contributed by atoms with Crippen molar-refractivity contribution < 1.29 is 4.74 Å². The van der Waals surface area contributed by atoms with Gasteiger partial charge in [-0.2, -0.15) is 0 Å². The minimum absolute atomic E-state index is 0.703. The zero-order chi connectivity index (χ0) is 12.1. The summed E-state index contributed by atoms with van der Waals surface area (Å²) >= 11 is 0. The number of aromatic nitrogens is 2. The third-order valence-corrected chi connectivity index (χ3v) is 2.17. The normalized spacial score (nSPS) is 9.29. The third kappa shape index (κ3) is 3.05. The molecule has 0 N–H and O–H groups in total. The zero-order valence-electron chi connectivity index (χ0n) is 9.77. The highest BCUT2D eigenvalue weighted by Crippen LogP contribution is 2.09. The van der Waals surface area contributed by atoms with Crippen LogP contribution in [0.25, 0.3) is 0 Å². The Balaban J connectivity index is 2.26. The van der Waals surface area contributed by atoms with Gasteiger partial charge in [-0.1, -0.05) is 12.0 Å². The van der Waals surface area contributed by atoms with E-state index in [1.807, 2.05) is 31.2 Å². The molecule has 0 aliphatic heterocycles. The van der Waals surface area contributed by atoms with Gasteiger partial charge in [0.25, 0.3) is 0 Å². The van der Waals surface area contributed by atoms with Crippen LogP contribution in [0.15, 0.2) is 36.7 Å². The van der Waals surface area contributed by atoms with Crippen LogP contribution in [0.2, 0.25) is 0 Å². The maximum absolute atomic E-state index is 5.08. The molecular formula is C14H12N2O. The molecule has 0 radical (unpaired) electrons. The van der Waals surface area contributed by atoms with E-state index in [1.165, 1.54) is 0 Å². The molecule has 0 saturated heterocycles. The summed E-state index contributed by atoms with van der Waals surface area (Å²) in [6.07, 6.45) is 3.35. The van der Waals surface area contributed by atoms with Crippen LogP contribution in [0, 0.1) is 18.8 Å². The second-order valence-corrected chi connectivity index (χ2v) is 3.53. The van der Waals surface area contributed by atoms with Crippen molar-refractivity contribution in [1.82, 2.24) is 9.97 Å². The first kappa shape index (κ1) is 11.2. The first-order valence-electron chi connectivity index (χ1n) is 5.22. The van der Waals surface area contributed by atoms with Crippen LogP contribution < -0.4 is 4.74 Å². The molecule has 0 amide bonds. The van der Waals surface area contributed by atoms with E-state index in [0.29, 0.717) is 5.75 Å². The average molecular weight is 224 g/mol. The molecule has 0 spiro atoms. The Morgan fingerprint density at radius 2 is 2.06 bits per heavy atom. The molecule has 0 aliphatic carbocycles. The Labute approximate surface area is 101 Å². The predicted octanol–water partition coefficient (Wildman–Crippen LogP) is 2.19. The smallest absolute Gasteiger partial charge is 0.138 e. The summed E-state index contributed by atoms with van der Waals surface area (Å²) in [5.41, 5.74) is 2.53. The van der Waals surface area contributed by atoms with Gasteiger partial charge in [0.2, 0.25) is 0 Å². The van der Waals surface area contributed by atoms with E-state index in [4.69, 9.17) is 4.74 Å². The highest BCUT2D eigenvalue weighted by atomic mass is 16.5. The lowest BCUT2D eigenvalue weighted by Crippen LogP contribution is -1.87. The molecule has 3 nitrogen and oxygen atoms in total. The molecule has 0 saturated carbocycles. The van der Waals surface area contributed by atoms with Crippen LogP contribution in [0.3, 0.4) is 0 Å². The summed E-state index contributed by atoms with van der Waals surface area (Å²) in [6.45, 7) is 1.94. The van der Waals surface area contributed by atoms with Crippen molar-refractivity contribution in [2.75, 3.05) is 7.11 Å². The molecule has 0 bridgehead atoms. The van der Waals surface area contributed by atoms with Crippen LogP contribution in [-0.2, 0) is 0 Å². The number of methoxy groups -OCH3 is 1. The monoisotopic (exact) mass is 224 g/mol. The third-order valence-electron chi connectivity index (χ3n) is 2.17. The fourth-order valence-corrected chi connectivity index (χ4v) is 1.35. The maximum atomic E-state index is 5.08. The van der Waals surface area contributed by atoms with Crippen LogP contribution >= 0.6 is 0 Å². The first-order valence-corrected chi connectivity index (χ1v) is 5.22. The summed E-state index contributed by atoms with van der Waals surface area (Å²) in [6, 6.07) is 7.61. The highest BCUT2D eigenvalue weighted by molar-refractivity contribution is 5.41. The predicted molar refractivity (Wildman–Crippen MR) is 65.7 cm³/mol. The molecule has 2 aromatic heterocycles. The van der Waals surface area contributed by atoms with Gasteiger partial charge in [-0.05, 0) is 31.0 Å². The van der Waals surface area contributed by atoms with Gasteiger partial charge in [-0.3, -0.25) is 4.98 Å². The molecular weight excluding hydrogens is 212 g/mol. The van der Waals surface area contributed by atoms with Crippen molar-refractivity contribution in [2.45, 2.75) is 6.92 Å². The standard InChI is InChI=1S/C14H12N2O/c1-11-4-3-5-13(16-11)7-6-12-8-14(17-2)10-15-9-12/h3-5,8-10H,1-2H3. The van der Waals surface area contributed by atoms with E-state index < -0.39 is 0 Å². The van der Waals surface area contributed by atoms with Crippen molar-refractivity contribution in [2.24, 2.45) is 0 Å². The Hall–Kier alpha value is -2.34. The molecule has 2 heterocycles. The lowest BCUT2D eigenvalue weighted by Gasteiger charge is -1.97. The molecule has 2 aromatic rings. The molecule has 0 atom stereocenters.